The molecule has 0 aliphatic carbocycles. The number of nitrogens with two attached hydrogens (primary N) is 1. The quantitative estimate of drug-likeness (QED) is 0.530. The second-order valence-corrected chi connectivity index (χ2v) is 4.85. The van der Waals surface area contributed by atoms with Crippen LogP contribution in [0.25, 0.3) is 0 Å². The van der Waals surface area contributed by atoms with Crippen LogP contribution in [-0.4, -0.2) is 0 Å². The topological polar surface area (TPSA) is 26.0 Å². The van der Waals surface area contributed by atoms with Gasteiger partial charge in [-0.15, -0.1) is 0 Å². The first-order valence-corrected chi connectivity index (χ1v) is 4.51. The van der Waals surface area contributed by atoms with Crippen molar-refractivity contribution in [1.82, 2.24) is 0 Å². The van der Waals surface area contributed by atoms with Gasteiger partial charge in [-0.2, -0.15) is 12.6 Å². The number of thiol groups is 1. The van der Waals surface area contributed by atoms with E-state index in [2.05, 4.69) is 12.6 Å². The molecule has 1 nitrogen and oxygen atoms in total. The number of hydrogen-bond acceptors (Lipinski definition) is 2. The van der Waals surface area contributed by atoms with Gasteiger partial charge in [0.1, 0.15) is 0 Å². The van der Waals surface area contributed by atoms with Gasteiger partial charge in [0, 0.05) is 15.5 Å². The Hall–Kier alpha value is -0.340. The maximum Gasteiger partial charge on any atom is 0.0426 e. The molecule has 1 aromatic rings. The second kappa shape index (κ2) is 3.19. The van der Waals surface area contributed by atoms with E-state index in [0.717, 1.165) is 5.56 Å². The van der Waals surface area contributed by atoms with Crippen LogP contribution in [0.4, 0.5) is 5.69 Å². The van der Waals surface area contributed by atoms with Gasteiger partial charge in [0.2, 0.25) is 0 Å². The molecule has 0 atom stereocenters. The first-order chi connectivity index (χ1) is 5.41. The Balaban J connectivity index is 3.19. The minimum Gasteiger partial charge on any atom is -0.398 e. The highest BCUT2D eigenvalue weighted by molar-refractivity contribution is 7.81. The Morgan fingerprint density at radius 3 is 2.42 bits per heavy atom. The molecular formula is C9H12ClNS. The van der Waals surface area contributed by atoms with Crippen LogP contribution in [0.1, 0.15) is 19.4 Å². The summed E-state index contributed by atoms with van der Waals surface area (Å²) in [6.45, 7) is 3.99. The molecule has 3 heteroatoms. The van der Waals surface area contributed by atoms with E-state index in [4.69, 9.17) is 17.3 Å². The van der Waals surface area contributed by atoms with Crippen molar-refractivity contribution >= 4 is 29.9 Å². The minimum atomic E-state index is -0.214. The number of benzene rings is 1. The van der Waals surface area contributed by atoms with Crippen LogP contribution in [0.3, 0.4) is 0 Å². The molecule has 0 spiro atoms. The highest BCUT2D eigenvalue weighted by Gasteiger charge is 2.17. The monoisotopic (exact) mass is 201 g/mol. The van der Waals surface area contributed by atoms with E-state index < -0.39 is 0 Å². The molecule has 0 aromatic heterocycles. The molecule has 1 rings (SSSR count). The van der Waals surface area contributed by atoms with Gasteiger partial charge in [-0.05, 0) is 31.5 Å². The molecule has 0 saturated carbocycles. The fourth-order valence-corrected chi connectivity index (χ4v) is 1.47. The van der Waals surface area contributed by atoms with Crippen molar-refractivity contribution in [2.45, 2.75) is 18.6 Å². The van der Waals surface area contributed by atoms with E-state index >= 15 is 0 Å². The van der Waals surface area contributed by atoms with Crippen molar-refractivity contribution in [3.63, 3.8) is 0 Å². The lowest BCUT2D eigenvalue weighted by Gasteiger charge is -2.20. The molecule has 0 fully saturated rings. The van der Waals surface area contributed by atoms with E-state index in [9.17, 15) is 0 Å². The van der Waals surface area contributed by atoms with Crippen LogP contribution in [0.2, 0.25) is 5.02 Å². The summed E-state index contributed by atoms with van der Waals surface area (Å²) in [5, 5.41) is 0.661. The first-order valence-electron chi connectivity index (χ1n) is 3.69. The molecule has 0 saturated heterocycles. The fourth-order valence-electron chi connectivity index (χ4n) is 1.09. The van der Waals surface area contributed by atoms with E-state index in [1.165, 1.54) is 0 Å². The smallest absolute Gasteiger partial charge is 0.0426 e. The van der Waals surface area contributed by atoms with Crippen LogP contribution < -0.4 is 5.73 Å². The lowest BCUT2D eigenvalue weighted by molar-refractivity contribution is 0.794. The average Bonchev–Trinajstić information content (AvgIpc) is 1.83. The SMILES string of the molecule is CC(C)(S)c1ccc(Cl)cc1N. The Kier molecular flexibility index (Phi) is 2.59. The van der Waals surface area contributed by atoms with Crippen LogP contribution in [-0.2, 0) is 4.75 Å². The summed E-state index contributed by atoms with van der Waals surface area (Å²) >= 11 is 10.2. The average molecular weight is 202 g/mol. The van der Waals surface area contributed by atoms with Gasteiger partial charge in [-0.3, -0.25) is 0 Å². The van der Waals surface area contributed by atoms with Crippen molar-refractivity contribution in [1.29, 1.82) is 0 Å². The molecule has 66 valence electrons. The van der Waals surface area contributed by atoms with Gasteiger partial charge in [0.15, 0.2) is 0 Å². The zero-order chi connectivity index (χ0) is 9.35. The third kappa shape index (κ3) is 2.08. The van der Waals surface area contributed by atoms with Crippen LogP contribution in [0.5, 0.6) is 0 Å². The Bertz CT molecular complexity index is 291. The molecule has 12 heavy (non-hydrogen) atoms. The molecule has 1 aromatic carbocycles. The summed E-state index contributed by atoms with van der Waals surface area (Å²) in [5.41, 5.74) is 7.48. The van der Waals surface area contributed by atoms with Crippen LogP contribution in [0.15, 0.2) is 18.2 Å². The summed E-state index contributed by atoms with van der Waals surface area (Å²) in [7, 11) is 0. The maximum absolute atomic E-state index is 5.77. The van der Waals surface area contributed by atoms with Gasteiger partial charge in [0.05, 0.1) is 0 Å². The van der Waals surface area contributed by atoms with E-state index in [1.54, 1.807) is 6.07 Å². The van der Waals surface area contributed by atoms with Crippen LogP contribution >= 0.6 is 24.2 Å². The molecule has 0 radical (unpaired) electrons. The number of halogens is 1. The zero-order valence-electron chi connectivity index (χ0n) is 7.13. The predicted octanol–water partition coefficient (Wildman–Crippen LogP) is 3.09. The Morgan fingerprint density at radius 1 is 1.42 bits per heavy atom. The number of nitrogen functional groups attached to an aromatic ring is 1. The number of hydrogen-bond donors (Lipinski definition) is 2. The molecule has 0 aliphatic rings. The fraction of sp³-hybridized carbons (Fsp3) is 0.333. The summed E-state index contributed by atoms with van der Waals surface area (Å²) in [5.74, 6) is 0. The van der Waals surface area contributed by atoms with Crippen molar-refractivity contribution < 1.29 is 0 Å². The number of anilines is 1. The Labute approximate surface area is 83.3 Å². The van der Waals surface area contributed by atoms with Gasteiger partial charge in [-0.1, -0.05) is 17.7 Å². The van der Waals surface area contributed by atoms with Crippen molar-refractivity contribution in [3.8, 4) is 0 Å². The predicted molar refractivity (Wildman–Crippen MR) is 57.9 cm³/mol. The molecule has 0 bridgehead atoms. The highest BCUT2D eigenvalue weighted by atomic mass is 35.5. The zero-order valence-corrected chi connectivity index (χ0v) is 8.78. The van der Waals surface area contributed by atoms with Crippen molar-refractivity contribution in [2.75, 3.05) is 5.73 Å². The third-order valence-corrected chi connectivity index (χ3v) is 2.15. The minimum absolute atomic E-state index is 0.214. The van der Waals surface area contributed by atoms with Gasteiger partial charge in [0.25, 0.3) is 0 Å². The molecule has 0 aliphatic heterocycles. The van der Waals surface area contributed by atoms with E-state index in [0.29, 0.717) is 10.7 Å². The highest BCUT2D eigenvalue weighted by Crippen LogP contribution is 2.32. The van der Waals surface area contributed by atoms with Gasteiger partial charge < -0.3 is 5.73 Å². The lowest BCUT2D eigenvalue weighted by Crippen LogP contribution is -2.10. The summed E-state index contributed by atoms with van der Waals surface area (Å²) in [4.78, 5) is 0. The lowest BCUT2D eigenvalue weighted by atomic mass is 10.0. The summed E-state index contributed by atoms with van der Waals surface area (Å²) < 4.78 is -0.214. The van der Waals surface area contributed by atoms with Crippen molar-refractivity contribution in [3.05, 3.63) is 28.8 Å². The van der Waals surface area contributed by atoms with Crippen LogP contribution in [0, 0.1) is 0 Å². The molecule has 2 N–H and O–H groups in total. The Morgan fingerprint density at radius 2 is 2.00 bits per heavy atom. The van der Waals surface area contributed by atoms with Crippen molar-refractivity contribution in [2.24, 2.45) is 0 Å². The molecular weight excluding hydrogens is 190 g/mol. The second-order valence-electron chi connectivity index (χ2n) is 3.29. The maximum atomic E-state index is 5.77. The molecule has 0 unspecified atom stereocenters. The largest absolute Gasteiger partial charge is 0.398 e. The molecule has 0 amide bonds. The molecule has 0 heterocycles. The van der Waals surface area contributed by atoms with Gasteiger partial charge >= 0.3 is 0 Å². The first kappa shape index (κ1) is 9.75. The van der Waals surface area contributed by atoms with E-state index in [-0.39, 0.29) is 4.75 Å². The van der Waals surface area contributed by atoms with E-state index in [1.807, 2.05) is 26.0 Å². The normalized spacial score (nSPS) is 11.7. The standard InChI is InChI=1S/C9H12ClNS/c1-9(2,12)7-4-3-6(10)5-8(7)11/h3-5,12H,11H2,1-2H3. The number of rotatable bonds is 1. The summed E-state index contributed by atoms with van der Waals surface area (Å²) in [6.07, 6.45) is 0. The third-order valence-electron chi connectivity index (χ3n) is 1.67. The van der Waals surface area contributed by atoms with Gasteiger partial charge in [-0.25, -0.2) is 0 Å². The summed E-state index contributed by atoms with van der Waals surface area (Å²) in [6, 6.07) is 5.48.